The van der Waals surface area contributed by atoms with Crippen molar-refractivity contribution >= 4 is 13.7 Å². The molecule has 3 atom stereocenters. The maximum Gasteiger partial charge on any atom is 0.268 e. The number of hydrogen-bond donors (Lipinski definition) is 2. The third-order valence-corrected chi connectivity index (χ3v) is 9.22. The average Bonchev–Trinajstić information content (AvgIpc) is 3.12. The third kappa shape index (κ3) is 37.7. The number of carbonyl (C=O) groups excluding carboxylic acids is 1. The monoisotopic (exact) mass is 773 g/mol. The minimum atomic E-state index is -4.61. The molecular formula is C45H77N2O6P. The van der Waals surface area contributed by atoms with Gasteiger partial charge in [0.1, 0.15) is 13.2 Å². The van der Waals surface area contributed by atoms with Crippen molar-refractivity contribution in [1.82, 2.24) is 5.32 Å². The van der Waals surface area contributed by atoms with Gasteiger partial charge in [0.05, 0.1) is 39.9 Å². The summed E-state index contributed by atoms with van der Waals surface area (Å²) in [4.78, 5) is 25.2. The lowest BCUT2D eigenvalue weighted by Gasteiger charge is -2.29. The molecule has 0 aromatic rings. The second-order valence-corrected chi connectivity index (χ2v) is 16.0. The van der Waals surface area contributed by atoms with Crippen molar-refractivity contribution in [2.24, 2.45) is 0 Å². The molecule has 0 radical (unpaired) electrons. The van der Waals surface area contributed by atoms with Gasteiger partial charge < -0.3 is 28.8 Å². The fourth-order valence-corrected chi connectivity index (χ4v) is 5.69. The molecule has 0 saturated carbocycles. The number of aliphatic hydroxyl groups excluding tert-OH is 1. The summed E-state index contributed by atoms with van der Waals surface area (Å²) in [5, 5.41) is 13.7. The van der Waals surface area contributed by atoms with Gasteiger partial charge >= 0.3 is 0 Å². The van der Waals surface area contributed by atoms with Crippen LogP contribution in [0.4, 0.5) is 0 Å². The van der Waals surface area contributed by atoms with Crippen molar-refractivity contribution in [1.29, 1.82) is 0 Å². The fourth-order valence-electron chi connectivity index (χ4n) is 4.97. The molecule has 0 aromatic carbocycles. The first kappa shape index (κ1) is 51.4. The molecule has 54 heavy (non-hydrogen) atoms. The molecule has 0 rings (SSSR count). The first-order valence-electron chi connectivity index (χ1n) is 20.6. The molecule has 3 unspecified atom stereocenters. The van der Waals surface area contributed by atoms with Crippen molar-refractivity contribution in [3.05, 3.63) is 97.2 Å². The third-order valence-electron chi connectivity index (χ3n) is 8.26. The zero-order valence-electron chi connectivity index (χ0n) is 34.6. The summed E-state index contributed by atoms with van der Waals surface area (Å²) >= 11 is 0. The quantitative estimate of drug-likeness (QED) is 0.0287. The molecule has 0 aliphatic carbocycles. The molecule has 9 heteroatoms. The first-order chi connectivity index (χ1) is 26.0. The van der Waals surface area contributed by atoms with Crippen LogP contribution in [0.3, 0.4) is 0 Å². The highest BCUT2D eigenvalue weighted by Crippen LogP contribution is 2.38. The van der Waals surface area contributed by atoms with Crippen LogP contribution in [0.25, 0.3) is 0 Å². The van der Waals surface area contributed by atoms with Crippen molar-refractivity contribution in [3.63, 3.8) is 0 Å². The van der Waals surface area contributed by atoms with Crippen LogP contribution in [0, 0.1) is 0 Å². The molecular weight excluding hydrogens is 695 g/mol. The highest BCUT2D eigenvalue weighted by Gasteiger charge is 2.23. The maximum atomic E-state index is 12.8. The van der Waals surface area contributed by atoms with Crippen LogP contribution in [0.1, 0.15) is 129 Å². The molecule has 0 aliphatic rings. The van der Waals surface area contributed by atoms with Crippen LogP contribution >= 0.6 is 7.82 Å². The molecule has 0 aromatic heterocycles. The van der Waals surface area contributed by atoms with E-state index in [9.17, 15) is 19.4 Å². The van der Waals surface area contributed by atoms with Gasteiger partial charge in [-0.15, -0.1) is 0 Å². The SMILES string of the molecule is CC/C=C\C/C=C\C/C=C\C/C=C\C/C=C\CCCCCC(=O)NC(COP(=O)([O-])OCC[N+](C)(C)C)C(O)/C=C/CC/C=C/CC/C=C/CCCCC. The van der Waals surface area contributed by atoms with Crippen LogP contribution in [0.15, 0.2) is 97.2 Å². The number of quaternary nitrogens is 1. The normalized spacial score (nSPS) is 15.5. The molecule has 0 saturated heterocycles. The zero-order chi connectivity index (χ0) is 40.0. The lowest BCUT2D eigenvalue weighted by atomic mass is 10.1. The van der Waals surface area contributed by atoms with Gasteiger partial charge in [-0.25, -0.2) is 0 Å². The van der Waals surface area contributed by atoms with Gasteiger partial charge in [-0.1, -0.05) is 130 Å². The molecule has 2 N–H and O–H groups in total. The summed E-state index contributed by atoms with van der Waals surface area (Å²) in [6.07, 6.45) is 50.3. The van der Waals surface area contributed by atoms with E-state index in [1.54, 1.807) is 6.08 Å². The lowest BCUT2D eigenvalue weighted by molar-refractivity contribution is -0.870. The number of phosphoric acid groups is 1. The Morgan fingerprint density at radius 3 is 1.69 bits per heavy atom. The van der Waals surface area contributed by atoms with E-state index in [0.717, 1.165) is 77.0 Å². The summed E-state index contributed by atoms with van der Waals surface area (Å²) < 4.78 is 23.1. The number of hydrogen-bond acceptors (Lipinski definition) is 6. The highest BCUT2D eigenvalue weighted by atomic mass is 31.2. The van der Waals surface area contributed by atoms with Crippen LogP contribution in [0.5, 0.6) is 0 Å². The number of rotatable bonds is 35. The van der Waals surface area contributed by atoms with E-state index in [2.05, 4.69) is 104 Å². The van der Waals surface area contributed by atoms with Crippen molar-refractivity contribution in [2.75, 3.05) is 40.9 Å². The van der Waals surface area contributed by atoms with Gasteiger partial charge in [0, 0.05) is 6.42 Å². The highest BCUT2D eigenvalue weighted by molar-refractivity contribution is 7.45. The van der Waals surface area contributed by atoms with Crippen molar-refractivity contribution < 1.29 is 32.9 Å². The smallest absolute Gasteiger partial charge is 0.268 e. The van der Waals surface area contributed by atoms with E-state index in [1.165, 1.54) is 19.3 Å². The standard InChI is InChI=1S/C45H77N2O6P/c1-6-8-10-12-14-16-18-20-21-22-23-24-25-27-29-31-33-35-37-39-45(49)46-43(42-53-54(50,51)52-41-40-47(3,4)5)44(48)38-36-34-32-30-28-26-19-17-15-13-11-9-7-2/h8,10,14-17,20-21,23-24,27-30,36,38,43-44,48H,6-7,9,11-13,18-19,22,25-26,31-35,37,39-42H2,1-5H3,(H-,46,49,50,51)/b10-8-,16-14-,17-15+,21-20-,24-23-,29-27-,30-28+,38-36+. The predicted molar refractivity (Wildman–Crippen MR) is 228 cm³/mol. The largest absolute Gasteiger partial charge is 0.756 e. The van der Waals surface area contributed by atoms with E-state index < -0.39 is 26.6 Å². The van der Waals surface area contributed by atoms with E-state index in [4.69, 9.17) is 9.05 Å². The molecule has 308 valence electrons. The Balaban J connectivity index is 4.62. The molecule has 8 nitrogen and oxygen atoms in total. The van der Waals surface area contributed by atoms with E-state index in [-0.39, 0.29) is 18.9 Å². The number of allylic oxidation sites excluding steroid dienone is 15. The summed E-state index contributed by atoms with van der Waals surface area (Å²) in [5.41, 5.74) is 0. The second kappa shape index (κ2) is 36.1. The Morgan fingerprint density at radius 1 is 0.667 bits per heavy atom. The molecule has 1 amide bonds. The van der Waals surface area contributed by atoms with Gasteiger partial charge in [0.25, 0.3) is 7.82 Å². The number of phosphoric ester groups is 1. The maximum absolute atomic E-state index is 12.8. The number of nitrogens with one attached hydrogen (secondary N) is 1. The second-order valence-electron chi connectivity index (χ2n) is 14.6. The van der Waals surface area contributed by atoms with E-state index in [1.807, 2.05) is 27.2 Å². The average molecular weight is 773 g/mol. The Labute approximate surface area is 330 Å². The van der Waals surface area contributed by atoms with Gasteiger partial charge in [0.2, 0.25) is 5.91 Å². The Hall–Kier alpha value is -2.58. The Bertz CT molecular complexity index is 1190. The summed E-state index contributed by atoms with van der Waals surface area (Å²) in [5.74, 6) is -0.250. The van der Waals surface area contributed by atoms with Crippen molar-refractivity contribution in [3.8, 4) is 0 Å². The first-order valence-corrected chi connectivity index (χ1v) is 22.1. The molecule has 0 bridgehead atoms. The number of likely N-dealkylation sites (N-methyl/N-ethyl adjacent to an activating group) is 1. The molecule has 0 spiro atoms. The summed E-state index contributed by atoms with van der Waals surface area (Å²) in [6.45, 7) is 4.40. The van der Waals surface area contributed by atoms with Crippen LogP contribution in [0.2, 0.25) is 0 Å². The van der Waals surface area contributed by atoms with Crippen LogP contribution < -0.4 is 10.2 Å². The van der Waals surface area contributed by atoms with E-state index >= 15 is 0 Å². The van der Waals surface area contributed by atoms with Gasteiger partial charge in [-0.05, 0) is 89.9 Å². The Kier molecular flexibility index (Phi) is 34.4. The summed E-state index contributed by atoms with van der Waals surface area (Å²) in [6, 6.07) is -0.932. The van der Waals surface area contributed by atoms with Crippen LogP contribution in [-0.2, 0) is 18.4 Å². The number of amides is 1. The molecule has 0 fully saturated rings. The van der Waals surface area contributed by atoms with E-state index in [0.29, 0.717) is 23.9 Å². The van der Waals surface area contributed by atoms with Gasteiger partial charge in [-0.2, -0.15) is 0 Å². The number of nitrogens with zero attached hydrogens (tertiary/aromatic N) is 1. The number of aliphatic hydroxyl groups is 1. The van der Waals surface area contributed by atoms with Gasteiger partial charge in [0.15, 0.2) is 0 Å². The number of carbonyl (C=O) groups is 1. The lowest BCUT2D eigenvalue weighted by Crippen LogP contribution is -2.45. The Morgan fingerprint density at radius 2 is 1.15 bits per heavy atom. The van der Waals surface area contributed by atoms with Crippen molar-refractivity contribution in [2.45, 2.75) is 142 Å². The number of unbranched alkanes of at least 4 members (excludes halogenated alkanes) is 8. The predicted octanol–water partition coefficient (Wildman–Crippen LogP) is 10.6. The fraction of sp³-hybridized carbons (Fsp3) is 0.622. The molecule has 0 aliphatic heterocycles. The topological polar surface area (TPSA) is 108 Å². The zero-order valence-corrected chi connectivity index (χ0v) is 35.5. The minimum Gasteiger partial charge on any atom is -0.756 e. The van der Waals surface area contributed by atoms with Gasteiger partial charge in [-0.3, -0.25) is 9.36 Å². The molecule has 0 heterocycles. The van der Waals surface area contributed by atoms with Crippen LogP contribution in [-0.4, -0.2) is 68.5 Å². The minimum absolute atomic E-state index is 0.0217. The summed E-state index contributed by atoms with van der Waals surface area (Å²) in [7, 11) is 1.19.